The summed E-state index contributed by atoms with van der Waals surface area (Å²) in [5.74, 6) is 1.88. The number of hydrogen-bond acceptors (Lipinski definition) is 1. The molecule has 0 spiro atoms. The molecular formula is C16H29NO. The van der Waals surface area contributed by atoms with Gasteiger partial charge in [-0.2, -0.15) is 0 Å². The Labute approximate surface area is 112 Å². The highest BCUT2D eigenvalue weighted by Crippen LogP contribution is 2.56. The summed E-state index contributed by atoms with van der Waals surface area (Å²) in [7, 11) is 0. The third kappa shape index (κ3) is 2.73. The maximum absolute atomic E-state index is 12.5. The Hall–Kier alpha value is -0.530. The highest BCUT2D eigenvalue weighted by molar-refractivity contribution is 5.82. The fourth-order valence-electron chi connectivity index (χ4n) is 4.92. The molecule has 0 saturated heterocycles. The molecule has 2 nitrogen and oxygen atoms in total. The number of carbonyl (C=O) groups excluding carboxylic acids is 1. The van der Waals surface area contributed by atoms with E-state index in [2.05, 4.69) is 39.9 Å². The summed E-state index contributed by atoms with van der Waals surface area (Å²) in [5, 5.41) is 3.13. The van der Waals surface area contributed by atoms with Crippen LogP contribution in [0.2, 0.25) is 0 Å². The van der Waals surface area contributed by atoms with Gasteiger partial charge in [0.2, 0.25) is 5.91 Å². The van der Waals surface area contributed by atoms with Gasteiger partial charge in [-0.15, -0.1) is 0 Å². The Kier molecular flexibility index (Phi) is 3.50. The predicted molar refractivity (Wildman–Crippen MR) is 75.2 cm³/mol. The van der Waals surface area contributed by atoms with Crippen molar-refractivity contribution in [2.24, 2.45) is 22.7 Å². The van der Waals surface area contributed by atoms with Crippen molar-refractivity contribution in [3.8, 4) is 0 Å². The van der Waals surface area contributed by atoms with Gasteiger partial charge in [0.15, 0.2) is 0 Å². The van der Waals surface area contributed by atoms with E-state index in [1.165, 1.54) is 19.3 Å². The zero-order valence-corrected chi connectivity index (χ0v) is 12.7. The second-order valence-electron chi connectivity index (χ2n) is 8.00. The number of carbonyl (C=O) groups is 1. The van der Waals surface area contributed by atoms with Gasteiger partial charge in [0.1, 0.15) is 0 Å². The van der Waals surface area contributed by atoms with Gasteiger partial charge in [-0.3, -0.25) is 4.79 Å². The molecule has 0 heterocycles. The Bertz CT molecular complexity index is 334. The lowest BCUT2D eigenvalue weighted by molar-refractivity contribution is -0.139. The Morgan fingerprint density at radius 2 is 1.89 bits per heavy atom. The number of rotatable bonds is 2. The maximum Gasteiger partial charge on any atom is 0.226 e. The average molecular weight is 251 g/mol. The summed E-state index contributed by atoms with van der Waals surface area (Å²) >= 11 is 0. The molecule has 2 saturated carbocycles. The molecule has 4 atom stereocenters. The van der Waals surface area contributed by atoms with Gasteiger partial charge >= 0.3 is 0 Å². The van der Waals surface area contributed by atoms with Crippen LogP contribution in [0, 0.1) is 22.7 Å². The summed E-state index contributed by atoms with van der Waals surface area (Å²) in [4.78, 5) is 12.5. The molecule has 2 rings (SSSR count). The predicted octanol–water partition coefficient (Wildman–Crippen LogP) is 3.75. The van der Waals surface area contributed by atoms with Gasteiger partial charge in [-0.25, -0.2) is 0 Å². The number of amides is 1. The zero-order valence-electron chi connectivity index (χ0n) is 12.7. The van der Waals surface area contributed by atoms with Crippen LogP contribution in [0.4, 0.5) is 0 Å². The second-order valence-corrected chi connectivity index (χ2v) is 8.00. The lowest BCUT2D eigenvalue weighted by atomic mass is 9.53. The molecule has 0 radical (unpaired) electrons. The summed E-state index contributed by atoms with van der Waals surface area (Å²) in [6.07, 6.45) is 6.11. The SMILES string of the molecule is CC1CC2CC(C)(C1)CC(C)(C(=O)NC(C)C)C2. The average Bonchev–Trinajstić information content (AvgIpc) is 2.11. The van der Waals surface area contributed by atoms with Crippen molar-refractivity contribution in [1.29, 1.82) is 0 Å². The van der Waals surface area contributed by atoms with Crippen molar-refractivity contribution in [3.63, 3.8) is 0 Å². The van der Waals surface area contributed by atoms with Crippen molar-refractivity contribution in [2.45, 2.75) is 72.8 Å². The second kappa shape index (κ2) is 4.54. The van der Waals surface area contributed by atoms with Crippen LogP contribution in [0.3, 0.4) is 0 Å². The Balaban J connectivity index is 2.14. The lowest BCUT2D eigenvalue weighted by Crippen LogP contribution is -2.50. The van der Waals surface area contributed by atoms with E-state index in [0.29, 0.717) is 5.41 Å². The van der Waals surface area contributed by atoms with Crippen molar-refractivity contribution < 1.29 is 4.79 Å². The molecule has 0 aromatic carbocycles. The van der Waals surface area contributed by atoms with Gasteiger partial charge in [0.25, 0.3) is 0 Å². The summed E-state index contributed by atoms with van der Waals surface area (Å²) < 4.78 is 0. The molecule has 1 N–H and O–H groups in total. The van der Waals surface area contributed by atoms with Gasteiger partial charge in [0.05, 0.1) is 0 Å². The van der Waals surface area contributed by atoms with Crippen molar-refractivity contribution in [3.05, 3.63) is 0 Å². The maximum atomic E-state index is 12.5. The normalized spacial score (nSPS) is 43.9. The van der Waals surface area contributed by atoms with E-state index in [-0.39, 0.29) is 17.4 Å². The molecule has 2 aliphatic carbocycles. The van der Waals surface area contributed by atoms with Crippen LogP contribution in [0.15, 0.2) is 0 Å². The minimum Gasteiger partial charge on any atom is -0.353 e. The van der Waals surface area contributed by atoms with E-state index in [1.807, 2.05) is 0 Å². The zero-order chi connectivity index (χ0) is 13.6. The minimum absolute atomic E-state index is 0.137. The molecule has 2 heteroatoms. The topological polar surface area (TPSA) is 29.1 Å². The summed E-state index contributed by atoms with van der Waals surface area (Å²) in [6.45, 7) is 11.1. The monoisotopic (exact) mass is 251 g/mol. The van der Waals surface area contributed by atoms with E-state index in [9.17, 15) is 4.79 Å². The molecule has 2 bridgehead atoms. The first-order valence-corrected chi connectivity index (χ1v) is 7.53. The van der Waals surface area contributed by atoms with E-state index in [0.717, 1.165) is 24.7 Å². The largest absolute Gasteiger partial charge is 0.353 e. The van der Waals surface area contributed by atoms with Crippen molar-refractivity contribution in [2.75, 3.05) is 0 Å². The smallest absolute Gasteiger partial charge is 0.226 e. The number of hydrogen-bond donors (Lipinski definition) is 1. The molecule has 18 heavy (non-hydrogen) atoms. The van der Waals surface area contributed by atoms with Crippen LogP contribution in [0.5, 0.6) is 0 Å². The first kappa shape index (κ1) is 13.9. The fraction of sp³-hybridized carbons (Fsp3) is 0.938. The van der Waals surface area contributed by atoms with Crippen LogP contribution in [-0.2, 0) is 4.79 Å². The third-order valence-corrected chi connectivity index (χ3v) is 4.88. The molecule has 0 aromatic rings. The minimum atomic E-state index is -0.137. The van der Waals surface area contributed by atoms with Gasteiger partial charge in [-0.05, 0) is 63.2 Å². The van der Waals surface area contributed by atoms with E-state index in [4.69, 9.17) is 0 Å². The Morgan fingerprint density at radius 1 is 1.22 bits per heavy atom. The molecule has 4 unspecified atom stereocenters. The van der Waals surface area contributed by atoms with Gasteiger partial charge < -0.3 is 5.32 Å². The van der Waals surface area contributed by atoms with E-state index in [1.54, 1.807) is 0 Å². The van der Waals surface area contributed by atoms with E-state index < -0.39 is 0 Å². The van der Waals surface area contributed by atoms with Crippen molar-refractivity contribution in [1.82, 2.24) is 5.32 Å². The van der Waals surface area contributed by atoms with Crippen LogP contribution in [0.25, 0.3) is 0 Å². The number of fused-ring (bicyclic) bond motifs is 2. The van der Waals surface area contributed by atoms with Gasteiger partial charge in [-0.1, -0.05) is 20.8 Å². The van der Waals surface area contributed by atoms with Crippen LogP contribution in [-0.4, -0.2) is 11.9 Å². The number of nitrogens with one attached hydrogen (secondary N) is 1. The molecule has 2 fully saturated rings. The lowest BCUT2D eigenvalue weighted by Gasteiger charge is -2.52. The Morgan fingerprint density at radius 3 is 2.44 bits per heavy atom. The molecule has 104 valence electrons. The quantitative estimate of drug-likeness (QED) is 0.795. The first-order chi connectivity index (χ1) is 8.22. The van der Waals surface area contributed by atoms with Crippen LogP contribution < -0.4 is 5.32 Å². The highest BCUT2D eigenvalue weighted by Gasteiger charge is 2.50. The van der Waals surface area contributed by atoms with Gasteiger partial charge in [0, 0.05) is 11.5 Å². The fourth-order valence-corrected chi connectivity index (χ4v) is 4.92. The van der Waals surface area contributed by atoms with Crippen LogP contribution >= 0.6 is 0 Å². The molecule has 2 aliphatic rings. The molecular weight excluding hydrogens is 222 g/mol. The van der Waals surface area contributed by atoms with E-state index >= 15 is 0 Å². The summed E-state index contributed by atoms with van der Waals surface area (Å²) in [6, 6.07) is 0.253. The molecule has 1 amide bonds. The molecule has 0 aliphatic heterocycles. The summed E-state index contributed by atoms with van der Waals surface area (Å²) in [5.41, 5.74) is 0.256. The highest BCUT2D eigenvalue weighted by atomic mass is 16.2. The van der Waals surface area contributed by atoms with Crippen molar-refractivity contribution >= 4 is 5.91 Å². The van der Waals surface area contributed by atoms with Crippen LogP contribution in [0.1, 0.15) is 66.7 Å². The first-order valence-electron chi connectivity index (χ1n) is 7.53. The standard InChI is InChI=1S/C16H29NO/c1-11(2)17-14(18)16(5)9-13-6-12(3)7-15(4,8-13)10-16/h11-13H,6-10H2,1-5H3,(H,17,18). The third-order valence-electron chi connectivity index (χ3n) is 4.88. The molecule has 0 aromatic heterocycles.